The maximum Gasteiger partial charge on any atom is 0.404 e. The highest BCUT2D eigenvalue weighted by Gasteiger charge is 1.94. The molecule has 1 amide bonds. The molecule has 0 radical (unpaired) electrons. The van der Waals surface area contributed by atoms with Crippen molar-refractivity contribution in [3.8, 4) is 0 Å². The van der Waals surface area contributed by atoms with Gasteiger partial charge in [-0.05, 0) is 13.0 Å². The SMILES string of the molecule is CCCCNCCOCCOCCOC(N)=O. The van der Waals surface area contributed by atoms with Crippen molar-refractivity contribution >= 4 is 6.09 Å². The summed E-state index contributed by atoms with van der Waals surface area (Å²) in [7, 11) is 0. The first-order valence-corrected chi connectivity index (χ1v) is 6.05. The Hall–Kier alpha value is -0.850. The van der Waals surface area contributed by atoms with Gasteiger partial charge in [0.05, 0.1) is 26.4 Å². The Morgan fingerprint density at radius 1 is 1.06 bits per heavy atom. The highest BCUT2D eigenvalue weighted by atomic mass is 16.6. The van der Waals surface area contributed by atoms with Crippen molar-refractivity contribution in [2.24, 2.45) is 5.73 Å². The van der Waals surface area contributed by atoms with Crippen LogP contribution in [0.25, 0.3) is 0 Å². The normalized spacial score (nSPS) is 10.4. The summed E-state index contributed by atoms with van der Waals surface area (Å²) in [6.07, 6.45) is 1.63. The van der Waals surface area contributed by atoms with Gasteiger partial charge in [0.1, 0.15) is 6.61 Å². The van der Waals surface area contributed by atoms with Crippen molar-refractivity contribution in [1.29, 1.82) is 0 Å². The molecule has 0 saturated heterocycles. The van der Waals surface area contributed by atoms with Crippen LogP contribution >= 0.6 is 0 Å². The molecule has 0 aromatic heterocycles. The van der Waals surface area contributed by atoms with E-state index in [0.29, 0.717) is 26.4 Å². The number of nitrogens with one attached hydrogen (secondary N) is 1. The van der Waals surface area contributed by atoms with Gasteiger partial charge in [-0.15, -0.1) is 0 Å². The summed E-state index contributed by atoms with van der Waals surface area (Å²) in [6.45, 7) is 6.34. The van der Waals surface area contributed by atoms with Gasteiger partial charge in [-0.2, -0.15) is 0 Å². The fourth-order valence-corrected chi connectivity index (χ4v) is 1.09. The van der Waals surface area contributed by atoms with E-state index in [1.807, 2.05) is 0 Å². The Balaban J connectivity index is 2.91. The molecule has 0 unspecified atom stereocenters. The minimum atomic E-state index is -0.775. The third-order valence-electron chi connectivity index (χ3n) is 1.97. The molecule has 0 aliphatic carbocycles. The molecule has 0 aliphatic rings. The summed E-state index contributed by atoms with van der Waals surface area (Å²) in [5.74, 6) is 0. The van der Waals surface area contributed by atoms with Gasteiger partial charge in [-0.25, -0.2) is 4.79 Å². The van der Waals surface area contributed by atoms with E-state index in [4.69, 9.17) is 15.2 Å². The number of nitrogens with two attached hydrogens (primary N) is 1. The fourth-order valence-electron chi connectivity index (χ4n) is 1.09. The number of carbonyl (C=O) groups is 1. The number of primary amides is 1. The molecule has 6 nitrogen and oxygen atoms in total. The van der Waals surface area contributed by atoms with Gasteiger partial charge in [0.2, 0.25) is 0 Å². The molecular weight excluding hydrogens is 224 g/mol. The van der Waals surface area contributed by atoms with Crippen LogP contribution in [0.2, 0.25) is 0 Å². The summed E-state index contributed by atoms with van der Waals surface area (Å²) in [5, 5.41) is 3.27. The zero-order valence-electron chi connectivity index (χ0n) is 10.6. The molecule has 0 bridgehead atoms. The third kappa shape index (κ3) is 15.1. The molecule has 3 N–H and O–H groups in total. The van der Waals surface area contributed by atoms with Gasteiger partial charge in [0.25, 0.3) is 0 Å². The second kappa shape index (κ2) is 13.2. The monoisotopic (exact) mass is 248 g/mol. The molecule has 0 aromatic carbocycles. The van der Waals surface area contributed by atoms with E-state index in [1.54, 1.807) is 0 Å². The van der Waals surface area contributed by atoms with Crippen LogP contribution in [0.1, 0.15) is 19.8 Å². The zero-order valence-corrected chi connectivity index (χ0v) is 10.6. The molecule has 0 atom stereocenters. The Bertz CT molecular complexity index is 179. The third-order valence-corrected chi connectivity index (χ3v) is 1.97. The lowest BCUT2D eigenvalue weighted by molar-refractivity contribution is 0.0301. The molecule has 0 spiro atoms. The largest absolute Gasteiger partial charge is 0.447 e. The Morgan fingerprint density at radius 3 is 2.35 bits per heavy atom. The predicted octanol–water partition coefficient (Wildman–Crippen LogP) is 0.505. The Morgan fingerprint density at radius 2 is 1.71 bits per heavy atom. The lowest BCUT2D eigenvalue weighted by atomic mass is 10.3. The second-order valence-electron chi connectivity index (χ2n) is 3.50. The number of carbonyl (C=O) groups excluding carboxylic acids is 1. The molecule has 0 heterocycles. The van der Waals surface area contributed by atoms with Crippen molar-refractivity contribution in [3.05, 3.63) is 0 Å². The van der Waals surface area contributed by atoms with Gasteiger partial charge in [-0.1, -0.05) is 13.3 Å². The van der Waals surface area contributed by atoms with Gasteiger partial charge in [-0.3, -0.25) is 0 Å². The van der Waals surface area contributed by atoms with Crippen molar-refractivity contribution in [2.45, 2.75) is 19.8 Å². The number of amides is 1. The summed E-state index contributed by atoms with van der Waals surface area (Å²) >= 11 is 0. The van der Waals surface area contributed by atoms with Gasteiger partial charge in [0.15, 0.2) is 0 Å². The number of hydrogen-bond donors (Lipinski definition) is 2. The molecule has 6 heteroatoms. The van der Waals surface area contributed by atoms with Gasteiger partial charge in [0, 0.05) is 6.54 Å². The molecule has 102 valence electrons. The fraction of sp³-hybridized carbons (Fsp3) is 0.909. The van der Waals surface area contributed by atoms with Crippen LogP contribution in [-0.4, -0.2) is 52.2 Å². The highest BCUT2D eigenvalue weighted by molar-refractivity contribution is 5.64. The van der Waals surface area contributed by atoms with Crippen LogP contribution in [0.4, 0.5) is 4.79 Å². The van der Waals surface area contributed by atoms with E-state index < -0.39 is 6.09 Å². The van der Waals surface area contributed by atoms with Crippen LogP contribution in [0.15, 0.2) is 0 Å². The van der Waals surface area contributed by atoms with Crippen LogP contribution in [-0.2, 0) is 14.2 Å². The Kier molecular flexibility index (Phi) is 12.6. The molecule has 0 rings (SSSR count). The summed E-state index contributed by atoms with van der Waals surface area (Å²) < 4.78 is 15.0. The quantitative estimate of drug-likeness (QED) is 0.492. The first kappa shape index (κ1) is 16.1. The van der Waals surface area contributed by atoms with E-state index in [0.717, 1.165) is 13.1 Å². The zero-order chi connectivity index (χ0) is 12.8. The van der Waals surface area contributed by atoms with E-state index >= 15 is 0 Å². The lowest BCUT2D eigenvalue weighted by Crippen LogP contribution is -2.22. The molecule has 0 saturated carbocycles. The van der Waals surface area contributed by atoms with Crippen LogP contribution < -0.4 is 11.1 Å². The summed E-state index contributed by atoms with van der Waals surface area (Å²) in [4.78, 5) is 10.2. The minimum absolute atomic E-state index is 0.188. The van der Waals surface area contributed by atoms with Crippen molar-refractivity contribution in [1.82, 2.24) is 5.32 Å². The average Bonchev–Trinajstić information content (AvgIpc) is 2.30. The second-order valence-corrected chi connectivity index (χ2v) is 3.50. The topological polar surface area (TPSA) is 82.8 Å². The average molecular weight is 248 g/mol. The maximum atomic E-state index is 10.2. The Labute approximate surface area is 103 Å². The maximum absolute atomic E-state index is 10.2. The summed E-state index contributed by atoms with van der Waals surface area (Å²) in [6, 6.07) is 0. The number of rotatable bonds is 12. The first-order chi connectivity index (χ1) is 8.27. The molecular formula is C11H24N2O4. The van der Waals surface area contributed by atoms with Crippen molar-refractivity contribution < 1.29 is 19.0 Å². The van der Waals surface area contributed by atoms with E-state index in [9.17, 15) is 4.79 Å². The number of ether oxygens (including phenoxy) is 3. The molecule has 0 fully saturated rings. The highest BCUT2D eigenvalue weighted by Crippen LogP contribution is 1.83. The van der Waals surface area contributed by atoms with E-state index in [1.165, 1.54) is 12.8 Å². The smallest absolute Gasteiger partial charge is 0.404 e. The van der Waals surface area contributed by atoms with Crippen molar-refractivity contribution in [3.63, 3.8) is 0 Å². The minimum Gasteiger partial charge on any atom is -0.447 e. The first-order valence-electron chi connectivity index (χ1n) is 6.05. The standard InChI is InChI=1S/C11H24N2O4/c1-2-3-4-13-5-6-15-7-8-16-9-10-17-11(12)14/h13H,2-10H2,1H3,(H2,12,14). The lowest BCUT2D eigenvalue weighted by Gasteiger charge is -2.06. The molecule has 17 heavy (non-hydrogen) atoms. The predicted molar refractivity (Wildman–Crippen MR) is 65.0 cm³/mol. The van der Waals surface area contributed by atoms with E-state index in [2.05, 4.69) is 17.0 Å². The van der Waals surface area contributed by atoms with Crippen LogP contribution in [0, 0.1) is 0 Å². The number of unbranched alkanes of at least 4 members (excludes halogenated alkanes) is 1. The van der Waals surface area contributed by atoms with Gasteiger partial charge >= 0.3 is 6.09 Å². The van der Waals surface area contributed by atoms with E-state index in [-0.39, 0.29) is 6.61 Å². The van der Waals surface area contributed by atoms with Crippen LogP contribution in [0.3, 0.4) is 0 Å². The number of hydrogen-bond acceptors (Lipinski definition) is 5. The molecule has 0 aromatic rings. The van der Waals surface area contributed by atoms with Crippen molar-refractivity contribution in [2.75, 3.05) is 46.1 Å². The van der Waals surface area contributed by atoms with Gasteiger partial charge < -0.3 is 25.3 Å². The van der Waals surface area contributed by atoms with Crippen LogP contribution in [0.5, 0.6) is 0 Å². The summed E-state index contributed by atoms with van der Waals surface area (Å²) in [5.41, 5.74) is 4.77. The molecule has 0 aliphatic heterocycles.